The standard InChI is InChI=1S/C21H15N5/c22-11-16-3-1-4-17(9-16)14-26-8-7-21(25-26)19-6-2-5-18(10-19)20-12-23-15-24-13-20/h1-10,12-13,15H,14H2. The van der Waals surface area contributed by atoms with E-state index in [9.17, 15) is 0 Å². The quantitative estimate of drug-likeness (QED) is 0.566. The van der Waals surface area contributed by atoms with Crippen LogP contribution in [0.3, 0.4) is 0 Å². The molecule has 0 radical (unpaired) electrons. The highest BCUT2D eigenvalue weighted by atomic mass is 15.3. The molecular weight excluding hydrogens is 322 g/mol. The topological polar surface area (TPSA) is 67.4 Å². The molecule has 0 spiro atoms. The lowest BCUT2D eigenvalue weighted by molar-refractivity contribution is 0.689. The van der Waals surface area contributed by atoms with Crippen molar-refractivity contribution in [1.82, 2.24) is 19.7 Å². The average molecular weight is 337 g/mol. The third kappa shape index (κ3) is 3.35. The molecule has 0 aliphatic heterocycles. The third-order valence-electron chi connectivity index (χ3n) is 4.09. The summed E-state index contributed by atoms with van der Waals surface area (Å²) in [4.78, 5) is 8.15. The molecule has 0 saturated heterocycles. The van der Waals surface area contributed by atoms with E-state index in [0.717, 1.165) is 27.9 Å². The van der Waals surface area contributed by atoms with Gasteiger partial charge in [0, 0.05) is 29.7 Å². The molecule has 5 nitrogen and oxygen atoms in total. The molecule has 0 aliphatic carbocycles. The van der Waals surface area contributed by atoms with Gasteiger partial charge in [-0.3, -0.25) is 4.68 Å². The van der Waals surface area contributed by atoms with Gasteiger partial charge < -0.3 is 0 Å². The van der Waals surface area contributed by atoms with Crippen LogP contribution in [-0.2, 0) is 6.54 Å². The molecule has 0 aliphatic rings. The van der Waals surface area contributed by atoms with Crippen LogP contribution in [0.5, 0.6) is 0 Å². The lowest BCUT2D eigenvalue weighted by Gasteiger charge is -2.04. The lowest BCUT2D eigenvalue weighted by Crippen LogP contribution is -2.00. The number of rotatable bonds is 4. The van der Waals surface area contributed by atoms with Crippen molar-refractivity contribution in [3.8, 4) is 28.5 Å². The Hall–Kier alpha value is -3.78. The monoisotopic (exact) mass is 337 g/mol. The Morgan fingerprint density at radius 2 is 1.69 bits per heavy atom. The Kier molecular flexibility index (Phi) is 4.23. The fraction of sp³-hybridized carbons (Fsp3) is 0.0476. The highest BCUT2D eigenvalue weighted by Crippen LogP contribution is 2.24. The van der Waals surface area contributed by atoms with Crippen molar-refractivity contribution in [2.24, 2.45) is 0 Å². The van der Waals surface area contributed by atoms with Crippen molar-refractivity contribution >= 4 is 0 Å². The molecule has 2 heterocycles. The summed E-state index contributed by atoms with van der Waals surface area (Å²) in [5, 5.41) is 13.7. The molecule has 0 bridgehead atoms. The van der Waals surface area contributed by atoms with Crippen molar-refractivity contribution in [3.63, 3.8) is 0 Å². The van der Waals surface area contributed by atoms with Crippen LogP contribution < -0.4 is 0 Å². The first kappa shape index (κ1) is 15.7. The largest absolute Gasteiger partial charge is 0.268 e. The van der Waals surface area contributed by atoms with E-state index < -0.39 is 0 Å². The van der Waals surface area contributed by atoms with Gasteiger partial charge in [-0.2, -0.15) is 10.4 Å². The maximum absolute atomic E-state index is 9.02. The number of nitriles is 1. The van der Waals surface area contributed by atoms with E-state index in [4.69, 9.17) is 5.26 Å². The summed E-state index contributed by atoms with van der Waals surface area (Å²) in [7, 11) is 0. The smallest absolute Gasteiger partial charge is 0.115 e. The molecule has 0 unspecified atom stereocenters. The minimum absolute atomic E-state index is 0.627. The molecule has 2 aromatic heterocycles. The fourth-order valence-corrected chi connectivity index (χ4v) is 2.84. The Morgan fingerprint density at radius 3 is 2.54 bits per heavy atom. The summed E-state index contributed by atoms with van der Waals surface area (Å²) in [5.41, 5.74) is 5.68. The number of hydrogen-bond acceptors (Lipinski definition) is 4. The second-order valence-corrected chi connectivity index (χ2v) is 5.92. The van der Waals surface area contributed by atoms with E-state index in [1.165, 1.54) is 6.33 Å². The SMILES string of the molecule is N#Cc1cccc(Cn2ccc(-c3cccc(-c4cncnc4)c3)n2)c1. The second kappa shape index (κ2) is 6.99. The molecule has 124 valence electrons. The summed E-state index contributed by atoms with van der Waals surface area (Å²) in [5.74, 6) is 0. The van der Waals surface area contributed by atoms with Crippen LogP contribution in [0.15, 0.2) is 79.5 Å². The van der Waals surface area contributed by atoms with Crippen LogP contribution >= 0.6 is 0 Å². The lowest BCUT2D eigenvalue weighted by atomic mass is 10.0. The molecule has 0 fully saturated rings. The van der Waals surface area contributed by atoms with E-state index in [2.05, 4.69) is 27.2 Å². The molecule has 26 heavy (non-hydrogen) atoms. The van der Waals surface area contributed by atoms with Gasteiger partial charge in [-0.05, 0) is 35.4 Å². The van der Waals surface area contributed by atoms with Gasteiger partial charge >= 0.3 is 0 Å². The highest BCUT2D eigenvalue weighted by molar-refractivity contribution is 5.70. The molecule has 4 aromatic rings. The molecule has 5 heteroatoms. The van der Waals surface area contributed by atoms with Crippen LogP contribution in [-0.4, -0.2) is 19.7 Å². The first-order valence-corrected chi connectivity index (χ1v) is 8.20. The Morgan fingerprint density at radius 1 is 0.885 bits per heavy atom. The third-order valence-corrected chi connectivity index (χ3v) is 4.09. The highest BCUT2D eigenvalue weighted by Gasteiger charge is 2.06. The summed E-state index contributed by atoms with van der Waals surface area (Å²) >= 11 is 0. The maximum atomic E-state index is 9.02. The van der Waals surface area contributed by atoms with Crippen molar-refractivity contribution in [2.45, 2.75) is 6.54 Å². The van der Waals surface area contributed by atoms with E-state index in [-0.39, 0.29) is 0 Å². The Labute approximate surface area is 151 Å². The summed E-state index contributed by atoms with van der Waals surface area (Å²) in [6.45, 7) is 0.627. The average Bonchev–Trinajstić information content (AvgIpc) is 3.17. The maximum Gasteiger partial charge on any atom is 0.115 e. The minimum Gasteiger partial charge on any atom is -0.268 e. The summed E-state index contributed by atoms with van der Waals surface area (Å²) in [6, 6.07) is 19.9. The van der Waals surface area contributed by atoms with Crippen molar-refractivity contribution in [2.75, 3.05) is 0 Å². The number of hydrogen-bond donors (Lipinski definition) is 0. The Bertz CT molecular complexity index is 1080. The fourth-order valence-electron chi connectivity index (χ4n) is 2.84. The first-order valence-electron chi connectivity index (χ1n) is 8.20. The van der Waals surface area contributed by atoms with Crippen LogP contribution in [0.25, 0.3) is 22.4 Å². The predicted octanol–water partition coefficient (Wildman–Crippen LogP) is 3.93. The second-order valence-electron chi connectivity index (χ2n) is 5.92. The molecule has 4 rings (SSSR count). The van der Waals surface area contributed by atoms with Gasteiger partial charge in [0.15, 0.2) is 0 Å². The zero-order chi connectivity index (χ0) is 17.8. The molecule has 0 saturated carbocycles. The van der Waals surface area contributed by atoms with Crippen LogP contribution in [0.2, 0.25) is 0 Å². The molecule has 2 aromatic carbocycles. The number of nitrogens with zero attached hydrogens (tertiary/aromatic N) is 5. The minimum atomic E-state index is 0.627. The zero-order valence-corrected chi connectivity index (χ0v) is 13.9. The van der Waals surface area contributed by atoms with Crippen molar-refractivity contribution in [1.29, 1.82) is 5.26 Å². The van der Waals surface area contributed by atoms with Crippen LogP contribution in [0, 0.1) is 11.3 Å². The molecule has 0 amide bonds. The predicted molar refractivity (Wildman–Crippen MR) is 98.9 cm³/mol. The molecule has 0 atom stereocenters. The van der Waals surface area contributed by atoms with Gasteiger partial charge in [0.1, 0.15) is 6.33 Å². The Balaban J connectivity index is 1.59. The van der Waals surface area contributed by atoms with E-state index in [1.807, 2.05) is 53.3 Å². The number of benzene rings is 2. The molecular formula is C21H15N5. The summed E-state index contributed by atoms with van der Waals surface area (Å²) in [6.07, 6.45) is 7.07. The molecule has 0 N–H and O–H groups in total. The van der Waals surface area contributed by atoms with Gasteiger partial charge in [0.05, 0.1) is 23.9 Å². The van der Waals surface area contributed by atoms with E-state index in [1.54, 1.807) is 18.5 Å². The zero-order valence-electron chi connectivity index (χ0n) is 13.9. The van der Waals surface area contributed by atoms with Crippen LogP contribution in [0.1, 0.15) is 11.1 Å². The first-order chi connectivity index (χ1) is 12.8. The number of aromatic nitrogens is 4. The van der Waals surface area contributed by atoms with Gasteiger partial charge in [-0.25, -0.2) is 9.97 Å². The van der Waals surface area contributed by atoms with Gasteiger partial charge in [0.2, 0.25) is 0 Å². The van der Waals surface area contributed by atoms with Crippen molar-refractivity contribution in [3.05, 3.63) is 90.6 Å². The van der Waals surface area contributed by atoms with Gasteiger partial charge in [-0.15, -0.1) is 0 Å². The van der Waals surface area contributed by atoms with Crippen LogP contribution in [0.4, 0.5) is 0 Å². The van der Waals surface area contributed by atoms with Gasteiger partial charge in [-0.1, -0.05) is 30.3 Å². The van der Waals surface area contributed by atoms with Crippen molar-refractivity contribution < 1.29 is 0 Å². The van der Waals surface area contributed by atoms with Gasteiger partial charge in [0.25, 0.3) is 0 Å². The summed E-state index contributed by atoms with van der Waals surface area (Å²) < 4.78 is 1.88. The van der Waals surface area contributed by atoms with E-state index >= 15 is 0 Å². The normalized spacial score (nSPS) is 10.4. The van der Waals surface area contributed by atoms with E-state index in [0.29, 0.717) is 12.1 Å².